The number of hydrogen-bond donors (Lipinski definition) is 2. The van der Waals surface area contributed by atoms with E-state index in [4.69, 9.17) is 5.26 Å². The summed E-state index contributed by atoms with van der Waals surface area (Å²) in [5, 5.41) is 20.0. The number of benzene rings is 1. The Labute approximate surface area is 141 Å². The molecule has 7 nitrogen and oxygen atoms in total. The minimum absolute atomic E-state index is 0.118. The first-order valence-electron chi connectivity index (χ1n) is 8.07. The molecule has 0 bridgehead atoms. The molecule has 2 N–H and O–H groups in total. The van der Waals surface area contributed by atoms with E-state index >= 15 is 0 Å². The van der Waals surface area contributed by atoms with Gasteiger partial charge in [0.2, 0.25) is 0 Å². The van der Waals surface area contributed by atoms with E-state index in [2.05, 4.69) is 31.8 Å². The molecular weight excluding hydrogens is 302 g/mol. The lowest BCUT2D eigenvalue weighted by Gasteiger charge is -2.25. The van der Waals surface area contributed by atoms with E-state index in [0.717, 1.165) is 42.6 Å². The van der Waals surface area contributed by atoms with Crippen LogP contribution in [0.1, 0.15) is 41.7 Å². The van der Waals surface area contributed by atoms with Crippen LogP contribution in [0, 0.1) is 18.3 Å². The van der Waals surface area contributed by atoms with Crippen LogP contribution in [0.5, 0.6) is 0 Å². The number of nitriles is 1. The van der Waals surface area contributed by atoms with Gasteiger partial charge in [0, 0.05) is 20.1 Å². The molecule has 2 aromatic rings. The molecule has 1 unspecified atom stereocenters. The van der Waals surface area contributed by atoms with Gasteiger partial charge in [0.15, 0.2) is 5.96 Å². The molecule has 0 fully saturated rings. The van der Waals surface area contributed by atoms with Gasteiger partial charge >= 0.3 is 0 Å². The van der Waals surface area contributed by atoms with Gasteiger partial charge < -0.3 is 10.6 Å². The van der Waals surface area contributed by atoms with Crippen LogP contribution >= 0.6 is 0 Å². The molecule has 1 atom stereocenters. The molecule has 0 radical (unpaired) electrons. The highest BCUT2D eigenvalue weighted by molar-refractivity contribution is 5.80. The number of guanidine groups is 1. The Morgan fingerprint density at radius 2 is 2.21 bits per heavy atom. The zero-order valence-electron chi connectivity index (χ0n) is 14.0. The zero-order chi connectivity index (χ0) is 16.9. The summed E-state index contributed by atoms with van der Waals surface area (Å²) in [7, 11) is 1.76. The van der Waals surface area contributed by atoms with E-state index in [1.54, 1.807) is 7.05 Å². The molecule has 0 saturated carbocycles. The first-order chi connectivity index (χ1) is 11.7. The lowest BCUT2D eigenvalue weighted by molar-refractivity contribution is 0.397. The van der Waals surface area contributed by atoms with E-state index in [-0.39, 0.29) is 6.04 Å². The largest absolute Gasteiger partial charge is 0.352 e. The molecule has 0 amide bonds. The van der Waals surface area contributed by atoms with Gasteiger partial charge in [0.1, 0.15) is 11.6 Å². The van der Waals surface area contributed by atoms with Crippen molar-refractivity contribution < 1.29 is 0 Å². The average Bonchev–Trinajstić information content (AvgIpc) is 3.00. The number of aliphatic imine (C=N–C) groups is 1. The molecule has 1 aliphatic heterocycles. The fourth-order valence-corrected chi connectivity index (χ4v) is 2.85. The standard InChI is InChI=1S/C17H21N7/c1-12-21-16-15(4-3-9-24(16)23-12)22-17(19-2)20-11-14-7-5-13(10-18)6-8-14/h5-8,15H,3-4,9,11H2,1-2H3,(H2,19,20,22). The first-order valence-corrected chi connectivity index (χ1v) is 8.07. The Kier molecular flexibility index (Phi) is 4.75. The van der Waals surface area contributed by atoms with Gasteiger partial charge in [0.05, 0.1) is 17.7 Å². The molecule has 1 aromatic heterocycles. The van der Waals surface area contributed by atoms with Gasteiger partial charge in [-0.2, -0.15) is 10.4 Å². The Morgan fingerprint density at radius 1 is 1.42 bits per heavy atom. The number of aromatic nitrogens is 3. The first kappa shape index (κ1) is 16.0. The summed E-state index contributed by atoms with van der Waals surface area (Å²) >= 11 is 0. The third-order valence-corrected chi connectivity index (χ3v) is 4.06. The normalized spacial score (nSPS) is 17.0. The lowest BCUT2D eigenvalue weighted by atomic mass is 10.1. The second kappa shape index (κ2) is 7.13. The summed E-state index contributed by atoms with van der Waals surface area (Å²) in [6.07, 6.45) is 2.08. The smallest absolute Gasteiger partial charge is 0.191 e. The van der Waals surface area contributed by atoms with Gasteiger partial charge in [-0.15, -0.1) is 0 Å². The topological polar surface area (TPSA) is 90.9 Å². The van der Waals surface area contributed by atoms with Crippen LogP contribution in [0.2, 0.25) is 0 Å². The molecule has 1 aliphatic rings. The molecule has 0 aliphatic carbocycles. The van der Waals surface area contributed by atoms with Gasteiger partial charge in [-0.05, 0) is 37.5 Å². The van der Waals surface area contributed by atoms with Crippen molar-refractivity contribution >= 4 is 5.96 Å². The second-order valence-electron chi connectivity index (χ2n) is 5.81. The van der Waals surface area contributed by atoms with Crippen molar-refractivity contribution in [3.63, 3.8) is 0 Å². The number of rotatable bonds is 3. The lowest BCUT2D eigenvalue weighted by Crippen LogP contribution is -2.41. The van der Waals surface area contributed by atoms with Crippen molar-refractivity contribution in [3.05, 3.63) is 47.0 Å². The summed E-state index contributed by atoms with van der Waals surface area (Å²) in [5.41, 5.74) is 1.76. The number of nitrogens with zero attached hydrogens (tertiary/aromatic N) is 5. The molecule has 7 heteroatoms. The van der Waals surface area contributed by atoms with Crippen molar-refractivity contribution in [2.45, 2.75) is 38.9 Å². The molecule has 3 rings (SSSR count). The summed E-state index contributed by atoms with van der Waals surface area (Å²) in [6.45, 7) is 3.48. The number of aryl methyl sites for hydroxylation is 2. The zero-order valence-corrected chi connectivity index (χ0v) is 14.0. The maximum atomic E-state index is 8.84. The number of hydrogen-bond acceptors (Lipinski definition) is 4. The second-order valence-corrected chi connectivity index (χ2v) is 5.81. The van der Waals surface area contributed by atoms with Gasteiger partial charge in [0.25, 0.3) is 0 Å². The minimum Gasteiger partial charge on any atom is -0.352 e. The van der Waals surface area contributed by atoms with Crippen LogP contribution in [0.15, 0.2) is 29.3 Å². The fraction of sp³-hybridized carbons (Fsp3) is 0.412. The van der Waals surface area contributed by atoms with Crippen LogP contribution in [0.25, 0.3) is 0 Å². The maximum absolute atomic E-state index is 8.84. The van der Waals surface area contributed by atoms with Crippen LogP contribution in [-0.2, 0) is 13.1 Å². The third-order valence-electron chi connectivity index (χ3n) is 4.06. The molecule has 0 saturated heterocycles. The van der Waals surface area contributed by atoms with Gasteiger partial charge in [-0.25, -0.2) is 9.67 Å². The van der Waals surface area contributed by atoms with Crippen molar-refractivity contribution in [1.29, 1.82) is 5.26 Å². The average molecular weight is 323 g/mol. The maximum Gasteiger partial charge on any atom is 0.191 e. The van der Waals surface area contributed by atoms with Gasteiger partial charge in [-0.3, -0.25) is 4.99 Å². The fourth-order valence-electron chi connectivity index (χ4n) is 2.85. The monoisotopic (exact) mass is 323 g/mol. The Bertz CT molecular complexity index is 767. The van der Waals surface area contributed by atoms with E-state index in [1.165, 1.54) is 0 Å². The molecule has 1 aromatic carbocycles. The number of fused-ring (bicyclic) bond motifs is 1. The number of nitrogens with one attached hydrogen (secondary N) is 2. The van der Waals surface area contributed by atoms with E-state index in [1.807, 2.05) is 35.9 Å². The van der Waals surface area contributed by atoms with E-state index in [9.17, 15) is 0 Å². The summed E-state index contributed by atoms with van der Waals surface area (Å²) < 4.78 is 1.98. The summed E-state index contributed by atoms with van der Waals surface area (Å²) in [6, 6.07) is 9.77. The van der Waals surface area contributed by atoms with Gasteiger partial charge in [-0.1, -0.05) is 12.1 Å². The summed E-state index contributed by atoms with van der Waals surface area (Å²) in [4.78, 5) is 8.83. The van der Waals surface area contributed by atoms with E-state index < -0.39 is 0 Å². The quantitative estimate of drug-likeness (QED) is 0.662. The van der Waals surface area contributed by atoms with Crippen molar-refractivity contribution in [3.8, 4) is 6.07 Å². The van der Waals surface area contributed by atoms with Crippen molar-refractivity contribution in [1.82, 2.24) is 25.4 Å². The Hall–Kier alpha value is -2.88. The minimum atomic E-state index is 0.118. The molecular formula is C17H21N7. The Balaban J connectivity index is 1.62. The molecule has 124 valence electrons. The van der Waals surface area contributed by atoms with Crippen LogP contribution < -0.4 is 10.6 Å². The highest BCUT2D eigenvalue weighted by atomic mass is 15.4. The van der Waals surface area contributed by atoms with Crippen LogP contribution in [-0.4, -0.2) is 27.8 Å². The highest BCUT2D eigenvalue weighted by Crippen LogP contribution is 2.22. The third kappa shape index (κ3) is 3.54. The molecule has 0 spiro atoms. The molecule has 2 heterocycles. The Morgan fingerprint density at radius 3 is 2.92 bits per heavy atom. The van der Waals surface area contributed by atoms with Crippen LogP contribution in [0.3, 0.4) is 0 Å². The van der Waals surface area contributed by atoms with E-state index in [0.29, 0.717) is 12.1 Å². The van der Waals surface area contributed by atoms with Crippen molar-refractivity contribution in [2.75, 3.05) is 7.05 Å². The summed E-state index contributed by atoms with van der Waals surface area (Å²) in [5.74, 6) is 2.51. The highest BCUT2D eigenvalue weighted by Gasteiger charge is 2.24. The SMILES string of the molecule is CN=C(NCc1ccc(C#N)cc1)NC1CCCn2nc(C)nc21. The predicted molar refractivity (Wildman–Crippen MR) is 91.2 cm³/mol. The van der Waals surface area contributed by atoms with Crippen molar-refractivity contribution in [2.24, 2.45) is 4.99 Å². The molecule has 24 heavy (non-hydrogen) atoms. The van der Waals surface area contributed by atoms with Crippen LogP contribution in [0.4, 0.5) is 0 Å². The predicted octanol–water partition coefficient (Wildman–Crippen LogP) is 1.66.